The standard InChI is InChI=1S/C14H21BO2/c1-10-6-11(2)13(12(3)7-10)15-16-8-14(4,5)9-17-15/h6-7H,8-9H2,1-5H3. The first-order valence-corrected chi connectivity index (χ1v) is 6.20. The van der Waals surface area contributed by atoms with Gasteiger partial charge in [0.1, 0.15) is 0 Å². The number of hydrogen-bond acceptors (Lipinski definition) is 2. The van der Waals surface area contributed by atoms with Crippen LogP contribution in [0.4, 0.5) is 0 Å². The van der Waals surface area contributed by atoms with Gasteiger partial charge in [-0.05, 0) is 26.2 Å². The average Bonchev–Trinajstić information content (AvgIpc) is 2.19. The van der Waals surface area contributed by atoms with Crippen molar-refractivity contribution in [2.24, 2.45) is 5.41 Å². The maximum Gasteiger partial charge on any atom is 0.494 e. The number of hydrogen-bond donors (Lipinski definition) is 0. The molecule has 0 spiro atoms. The van der Waals surface area contributed by atoms with Gasteiger partial charge in [-0.25, -0.2) is 0 Å². The molecule has 1 fully saturated rings. The van der Waals surface area contributed by atoms with Gasteiger partial charge in [-0.1, -0.05) is 42.7 Å². The molecule has 0 aliphatic carbocycles. The Labute approximate surface area is 104 Å². The minimum Gasteiger partial charge on any atom is -0.407 e. The van der Waals surface area contributed by atoms with Crippen LogP contribution in [0.5, 0.6) is 0 Å². The third-order valence-electron chi connectivity index (χ3n) is 3.22. The van der Waals surface area contributed by atoms with Crippen molar-refractivity contribution in [2.75, 3.05) is 13.2 Å². The van der Waals surface area contributed by atoms with E-state index in [1.165, 1.54) is 22.2 Å². The quantitative estimate of drug-likeness (QED) is 0.692. The normalized spacial score (nSPS) is 19.5. The monoisotopic (exact) mass is 232 g/mol. The minimum atomic E-state index is -0.191. The summed E-state index contributed by atoms with van der Waals surface area (Å²) in [4.78, 5) is 0. The highest BCUT2D eigenvalue weighted by Gasteiger charge is 2.35. The number of rotatable bonds is 1. The van der Waals surface area contributed by atoms with E-state index in [1.807, 2.05) is 0 Å². The van der Waals surface area contributed by atoms with E-state index >= 15 is 0 Å². The Bertz CT molecular complexity index is 393. The molecule has 0 radical (unpaired) electrons. The highest BCUT2D eigenvalue weighted by Crippen LogP contribution is 2.22. The molecule has 1 aliphatic heterocycles. The predicted molar refractivity (Wildman–Crippen MR) is 71.7 cm³/mol. The maximum atomic E-state index is 5.86. The summed E-state index contributed by atoms with van der Waals surface area (Å²) in [5.74, 6) is 0. The van der Waals surface area contributed by atoms with Crippen molar-refractivity contribution in [3.8, 4) is 0 Å². The summed E-state index contributed by atoms with van der Waals surface area (Å²) >= 11 is 0. The summed E-state index contributed by atoms with van der Waals surface area (Å²) in [5, 5.41) is 0. The van der Waals surface area contributed by atoms with Crippen LogP contribution in [0.25, 0.3) is 0 Å². The molecule has 17 heavy (non-hydrogen) atoms. The van der Waals surface area contributed by atoms with Gasteiger partial charge < -0.3 is 9.31 Å². The SMILES string of the molecule is Cc1cc(C)c(B2OCC(C)(C)CO2)c(C)c1. The molecule has 1 aromatic carbocycles. The molecule has 0 saturated carbocycles. The van der Waals surface area contributed by atoms with Crippen molar-refractivity contribution in [2.45, 2.75) is 34.6 Å². The molecule has 1 aromatic rings. The van der Waals surface area contributed by atoms with Crippen LogP contribution in [-0.2, 0) is 9.31 Å². The summed E-state index contributed by atoms with van der Waals surface area (Å²) in [7, 11) is -0.191. The lowest BCUT2D eigenvalue weighted by atomic mass is 9.71. The second-order valence-electron chi connectivity index (χ2n) is 5.93. The van der Waals surface area contributed by atoms with E-state index in [9.17, 15) is 0 Å². The van der Waals surface area contributed by atoms with Crippen LogP contribution in [0.2, 0.25) is 0 Å². The van der Waals surface area contributed by atoms with E-state index in [1.54, 1.807) is 0 Å². The molecule has 2 nitrogen and oxygen atoms in total. The molecule has 1 saturated heterocycles. The second kappa shape index (κ2) is 4.47. The number of aryl methyl sites for hydroxylation is 3. The summed E-state index contributed by atoms with van der Waals surface area (Å²) in [6.45, 7) is 12.2. The fraction of sp³-hybridized carbons (Fsp3) is 0.571. The van der Waals surface area contributed by atoms with Crippen LogP contribution in [0.1, 0.15) is 30.5 Å². The molecule has 1 aliphatic rings. The first kappa shape index (κ1) is 12.7. The van der Waals surface area contributed by atoms with Gasteiger partial charge in [-0.2, -0.15) is 0 Å². The zero-order chi connectivity index (χ0) is 12.6. The molecule has 0 bridgehead atoms. The van der Waals surface area contributed by atoms with Crippen LogP contribution < -0.4 is 5.46 Å². The Morgan fingerprint density at radius 3 is 1.94 bits per heavy atom. The van der Waals surface area contributed by atoms with Gasteiger partial charge in [0.05, 0.1) is 0 Å². The Morgan fingerprint density at radius 1 is 1.00 bits per heavy atom. The first-order valence-electron chi connectivity index (χ1n) is 6.20. The van der Waals surface area contributed by atoms with Gasteiger partial charge in [0.15, 0.2) is 0 Å². The smallest absolute Gasteiger partial charge is 0.407 e. The van der Waals surface area contributed by atoms with Crippen LogP contribution >= 0.6 is 0 Å². The third-order valence-corrected chi connectivity index (χ3v) is 3.22. The van der Waals surface area contributed by atoms with E-state index in [-0.39, 0.29) is 12.5 Å². The van der Waals surface area contributed by atoms with Crippen LogP contribution in [0.3, 0.4) is 0 Å². The molecular formula is C14H21BO2. The molecule has 3 heteroatoms. The molecule has 0 amide bonds. The molecule has 2 rings (SSSR count). The van der Waals surface area contributed by atoms with Gasteiger partial charge in [0.25, 0.3) is 0 Å². The Morgan fingerprint density at radius 2 is 1.47 bits per heavy atom. The molecule has 0 N–H and O–H groups in total. The van der Waals surface area contributed by atoms with E-state index in [2.05, 4.69) is 46.8 Å². The fourth-order valence-electron chi connectivity index (χ4n) is 2.42. The zero-order valence-electron chi connectivity index (χ0n) is 11.5. The predicted octanol–water partition coefficient (Wildman–Crippen LogP) is 2.38. The summed E-state index contributed by atoms with van der Waals surface area (Å²) < 4.78 is 11.7. The Balaban J connectivity index is 2.24. The first-order chi connectivity index (χ1) is 7.89. The van der Waals surface area contributed by atoms with Crippen molar-refractivity contribution in [1.29, 1.82) is 0 Å². The fourth-order valence-corrected chi connectivity index (χ4v) is 2.42. The highest BCUT2D eigenvalue weighted by atomic mass is 16.6. The Hall–Kier alpha value is -0.795. The van der Waals surface area contributed by atoms with E-state index in [4.69, 9.17) is 9.31 Å². The van der Waals surface area contributed by atoms with Crippen molar-refractivity contribution in [3.05, 3.63) is 28.8 Å². The molecule has 0 unspecified atom stereocenters. The molecule has 0 atom stereocenters. The topological polar surface area (TPSA) is 18.5 Å². The third kappa shape index (κ3) is 2.72. The maximum absolute atomic E-state index is 5.86. The Kier molecular flexibility index (Phi) is 3.33. The largest absolute Gasteiger partial charge is 0.494 e. The summed E-state index contributed by atoms with van der Waals surface area (Å²) in [6.07, 6.45) is 0. The van der Waals surface area contributed by atoms with E-state index < -0.39 is 0 Å². The van der Waals surface area contributed by atoms with E-state index in [0.29, 0.717) is 0 Å². The molecule has 0 aromatic heterocycles. The van der Waals surface area contributed by atoms with Crippen LogP contribution in [0, 0.1) is 26.2 Å². The van der Waals surface area contributed by atoms with E-state index in [0.717, 1.165) is 13.2 Å². The lowest BCUT2D eigenvalue weighted by Gasteiger charge is -2.34. The summed E-state index contributed by atoms with van der Waals surface area (Å²) in [5.41, 5.74) is 5.13. The van der Waals surface area contributed by atoms with Crippen molar-refractivity contribution in [1.82, 2.24) is 0 Å². The molecular weight excluding hydrogens is 211 g/mol. The average molecular weight is 232 g/mol. The lowest BCUT2D eigenvalue weighted by Crippen LogP contribution is -2.49. The van der Waals surface area contributed by atoms with Crippen molar-refractivity contribution < 1.29 is 9.31 Å². The van der Waals surface area contributed by atoms with Crippen molar-refractivity contribution in [3.63, 3.8) is 0 Å². The number of benzene rings is 1. The zero-order valence-corrected chi connectivity index (χ0v) is 11.5. The van der Waals surface area contributed by atoms with Gasteiger partial charge in [0.2, 0.25) is 0 Å². The molecule has 92 valence electrons. The molecule has 1 heterocycles. The second-order valence-corrected chi connectivity index (χ2v) is 5.93. The summed E-state index contributed by atoms with van der Waals surface area (Å²) in [6, 6.07) is 4.38. The minimum absolute atomic E-state index is 0.128. The van der Waals surface area contributed by atoms with Gasteiger partial charge in [-0.15, -0.1) is 0 Å². The van der Waals surface area contributed by atoms with Crippen molar-refractivity contribution >= 4 is 12.6 Å². The van der Waals surface area contributed by atoms with Gasteiger partial charge in [-0.3, -0.25) is 0 Å². The van der Waals surface area contributed by atoms with Gasteiger partial charge in [0, 0.05) is 18.6 Å². The van der Waals surface area contributed by atoms with Crippen LogP contribution in [0.15, 0.2) is 12.1 Å². The lowest BCUT2D eigenvalue weighted by molar-refractivity contribution is 0.0342. The van der Waals surface area contributed by atoms with Crippen LogP contribution in [-0.4, -0.2) is 20.3 Å². The van der Waals surface area contributed by atoms with Gasteiger partial charge >= 0.3 is 7.12 Å². The highest BCUT2D eigenvalue weighted by molar-refractivity contribution is 6.62.